The number of nitrogens with zero attached hydrogens (tertiary/aromatic N) is 1. The lowest BCUT2D eigenvalue weighted by Gasteiger charge is -2.16. The number of methoxy groups -OCH3 is 1. The summed E-state index contributed by atoms with van der Waals surface area (Å²) in [5.41, 5.74) is 1.00. The second-order valence-electron chi connectivity index (χ2n) is 4.17. The van der Waals surface area contributed by atoms with Gasteiger partial charge in [0, 0.05) is 24.1 Å². The van der Waals surface area contributed by atoms with Crippen LogP contribution in [0.2, 0.25) is 0 Å². The Balaban J connectivity index is 2.07. The van der Waals surface area contributed by atoms with Crippen molar-refractivity contribution in [3.8, 4) is 5.75 Å². The predicted octanol–water partition coefficient (Wildman–Crippen LogP) is 1.83. The molecular weight excluding hydrogens is 274 g/mol. The van der Waals surface area contributed by atoms with Gasteiger partial charge in [0.05, 0.1) is 7.11 Å². The van der Waals surface area contributed by atoms with Crippen molar-refractivity contribution in [3.05, 3.63) is 52.4 Å². The first-order valence-corrected chi connectivity index (χ1v) is 7.21. The van der Waals surface area contributed by atoms with Crippen LogP contribution in [0.1, 0.15) is 11.6 Å². The van der Waals surface area contributed by atoms with Crippen molar-refractivity contribution in [1.29, 1.82) is 0 Å². The molecule has 0 saturated carbocycles. The quantitative estimate of drug-likeness (QED) is 0.628. The minimum absolute atomic E-state index is 0.134. The first-order valence-electron chi connectivity index (χ1n) is 6.22. The first kappa shape index (κ1) is 14.6. The molecule has 1 unspecified atom stereocenters. The Morgan fingerprint density at radius 3 is 3.00 bits per heavy atom. The Labute approximate surface area is 121 Å². The summed E-state index contributed by atoms with van der Waals surface area (Å²) >= 11 is 1.51. The van der Waals surface area contributed by atoms with E-state index in [1.807, 2.05) is 31.3 Å². The zero-order valence-corrected chi connectivity index (χ0v) is 12.2. The summed E-state index contributed by atoms with van der Waals surface area (Å²) < 4.78 is 5.23. The maximum Gasteiger partial charge on any atom is 0.251 e. The van der Waals surface area contributed by atoms with Gasteiger partial charge in [-0.15, -0.1) is 0 Å². The topological polar surface area (TPSA) is 67.0 Å². The molecule has 1 aromatic carbocycles. The molecule has 0 radical (unpaired) electrons. The van der Waals surface area contributed by atoms with Gasteiger partial charge in [0.1, 0.15) is 5.75 Å². The van der Waals surface area contributed by atoms with E-state index in [2.05, 4.69) is 15.3 Å². The third-order valence-corrected chi connectivity index (χ3v) is 3.86. The van der Waals surface area contributed by atoms with E-state index in [9.17, 15) is 4.79 Å². The van der Waals surface area contributed by atoms with E-state index in [1.165, 1.54) is 24.0 Å². The molecule has 0 aliphatic carbocycles. The summed E-state index contributed by atoms with van der Waals surface area (Å²) in [5, 5.41) is 3.88. The molecule has 0 fully saturated rings. The van der Waals surface area contributed by atoms with E-state index < -0.39 is 0 Å². The van der Waals surface area contributed by atoms with Crippen molar-refractivity contribution in [2.45, 2.75) is 11.2 Å². The Kier molecular flexibility index (Phi) is 5.20. The van der Waals surface area contributed by atoms with Crippen LogP contribution in [0.15, 0.2) is 46.5 Å². The van der Waals surface area contributed by atoms with E-state index in [-0.39, 0.29) is 11.6 Å². The van der Waals surface area contributed by atoms with E-state index in [0.29, 0.717) is 5.16 Å². The lowest BCUT2D eigenvalue weighted by atomic mass is 10.1. The molecular formula is C14H17N3O2S. The summed E-state index contributed by atoms with van der Waals surface area (Å²) in [6, 6.07) is 9.49. The molecule has 5 nitrogen and oxygen atoms in total. The highest BCUT2D eigenvalue weighted by atomic mass is 32.2. The number of thioether (sulfide) groups is 1. The van der Waals surface area contributed by atoms with Crippen LogP contribution in [0, 0.1) is 0 Å². The van der Waals surface area contributed by atoms with Crippen LogP contribution < -0.4 is 15.6 Å². The SMILES string of the molecule is CNC(CSc1nccc(=O)[nH]1)c1cccc(OC)c1. The number of aromatic nitrogens is 2. The van der Waals surface area contributed by atoms with Crippen molar-refractivity contribution in [1.82, 2.24) is 15.3 Å². The molecule has 0 spiro atoms. The fourth-order valence-electron chi connectivity index (χ4n) is 1.79. The van der Waals surface area contributed by atoms with E-state index in [0.717, 1.165) is 17.1 Å². The summed E-state index contributed by atoms with van der Waals surface area (Å²) in [6.45, 7) is 0. The average molecular weight is 291 g/mol. The van der Waals surface area contributed by atoms with Gasteiger partial charge in [-0.1, -0.05) is 23.9 Å². The van der Waals surface area contributed by atoms with Gasteiger partial charge in [-0.25, -0.2) is 4.98 Å². The smallest absolute Gasteiger partial charge is 0.251 e. The van der Waals surface area contributed by atoms with Crippen molar-refractivity contribution >= 4 is 11.8 Å². The second kappa shape index (κ2) is 7.12. The van der Waals surface area contributed by atoms with E-state index in [4.69, 9.17) is 4.74 Å². The van der Waals surface area contributed by atoms with Gasteiger partial charge < -0.3 is 15.0 Å². The lowest BCUT2D eigenvalue weighted by molar-refractivity contribution is 0.413. The molecule has 0 amide bonds. The summed E-state index contributed by atoms with van der Waals surface area (Å²) in [4.78, 5) is 18.0. The Morgan fingerprint density at radius 2 is 2.30 bits per heavy atom. The molecule has 20 heavy (non-hydrogen) atoms. The number of nitrogens with one attached hydrogen (secondary N) is 2. The summed E-state index contributed by atoms with van der Waals surface area (Å²) in [6.07, 6.45) is 1.51. The lowest BCUT2D eigenvalue weighted by Crippen LogP contribution is -2.19. The van der Waals surface area contributed by atoms with Crippen molar-refractivity contribution < 1.29 is 4.74 Å². The number of ether oxygens (including phenoxy) is 1. The van der Waals surface area contributed by atoms with Crippen LogP contribution in [0.25, 0.3) is 0 Å². The van der Waals surface area contributed by atoms with Gasteiger partial charge >= 0.3 is 0 Å². The van der Waals surface area contributed by atoms with Crippen LogP contribution in [0.5, 0.6) is 5.75 Å². The molecule has 0 bridgehead atoms. The third-order valence-electron chi connectivity index (χ3n) is 2.88. The highest BCUT2D eigenvalue weighted by Crippen LogP contribution is 2.24. The van der Waals surface area contributed by atoms with Gasteiger partial charge in [0.25, 0.3) is 5.56 Å². The van der Waals surface area contributed by atoms with Gasteiger partial charge in [-0.05, 0) is 24.7 Å². The Morgan fingerprint density at radius 1 is 1.45 bits per heavy atom. The molecule has 0 saturated heterocycles. The summed E-state index contributed by atoms with van der Waals surface area (Å²) in [5.74, 6) is 1.59. The van der Waals surface area contributed by atoms with Crippen LogP contribution >= 0.6 is 11.8 Å². The highest BCUT2D eigenvalue weighted by Gasteiger charge is 2.11. The van der Waals surface area contributed by atoms with E-state index in [1.54, 1.807) is 7.11 Å². The van der Waals surface area contributed by atoms with Gasteiger partial charge in [-0.2, -0.15) is 0 Å². The zero-order valence-electron chi connectivity index (χ0n) is 11.4. The third kappa shape index (κ3) is 3.85. The number of aromatic amines is 1. The van der Waals surface area contributed by atoms with Crippen molar-refractivity contribution in [2.24, 2.45) is 0 Å². The average Bonchev–Trinajstić information content (AvgIpc) is 2.48. The monoisotopic (exact) mass is 291 g/mol. The Bertz CT molecular complexity index is 615. The summed E-state index contributed by atoms with van der Waals surface area (Å²) in [7, 11) is 3.56. The van der Waals surface area contributed by atoms with Crippen LogP contribution in [0.4, 0.5) is 0 Å². The van der Waals surface area contributed by atoms with Gasteiger partial charge in [0.15, 0.2) is 5.16 Å². The molecule has 6 heteroatoms. The zero-order chi connectivity index (χ0) is 14.4. The molecule has 1 aromatic heterocycles. The fraction of sp³-hybridized carbons (Fsp3) is 0.286. The maximum atomic E-state index is 11.2. The number of benzene rings is 1. The minimum Gasteiger partial charge on any atom is -0.497 e. The first-order chi connectivity index (χ1) is 9.72. The fourth-order valence-corrected chi connectivity index (χ4v) is 2.78. The van der Waals surface area contributed by atoms with Crippen molar-refractivity contribution in [3.63, 3.8) is 0 Å². The predicted molar refractivity (Wildman–Crippen MR) is 80.4 cm³/mol. The molecule has 2 rings (SSSR count). The number of hydrogen-bond donors (Lipinski definition) is 2. The minimum atomic E-state index is -0.134. The molecule has 0 aliphatic heterocycles. The van der Waals surface area contributed by atoms with Crippen LogP contribution in [-0.4, -0.2) is 29.9 Å². The highest BCUT2D eigenvalue weighted by molar-refractivity contribution is 7.99. The van der Waals surface area contributed by atoms with Crippen LogP contribution in [0.3, 0.4) is 0 Å². The number of rotatable bonds is 6. The molecule has 0 aliphatic rings. The van der Waals surface area contributed by atoms with Gasteiger partial charge in [0.2, 0.25) is 0 Å². The molecule has 1 heterocycles. The molecule has 2 N–H and O–H groups in total. The number of hydrogen-bond acceptors (Lipinski definition) is 5. The van der Waals surface area contributed by atoms with Crippen LogP contribution in [-0.2, 0) is 0 Å². The Hall–Kier alpha value is -1.79. The molecule has 2 aromatic rings. The second-order valence-corrected chi connectivity index (χ2v) is 5.18. The largest absolute Gasteiger partial charge is 0.497 e. The maximum absolute atomic E-state index is 11.2. The van der Waals surface area contributed by atoms with Crippen molar-refractivity contribution in [2.75, 3.05) is 19.9 Å². The standard InChI is InChI=1S/C14H17N3O2S/c1-15-12(10-4-3-5-11(8-10)19-2)9-20-14-16-7-6-13(18)17-14/h3-8,12,15H,9H2,1-2H3,(H,16,17,18). The number of H-pyrrole nitrogens is 1. The van der Waals surface area contributed by atoms with E-state index >= 15 is 0 Å². The normalized spacial score (nSPS) is 12.1. The molecule has 1 atom stereocenters. The molecule has 106 valence electrons. The van der Waals surface area contributed by atoms with Gasteiger partial charge in [-0.3, -0.25) is 4.79 Å².